The Morgan fingerprint density at radius 2 is 1.95 bits per heavy atom. The molecule has 0 saturated heterocycles. The maximum atomic E-state index is 11.4. The molecule has 0 rings (SSSR count). The molecule has 0 saturated carbocycles. The Labute approximate surface area is 140 Å². The summed E-state index contributed by atoms with van der Waals surface area (Å²) >= 11 is 0. The Bertz CT molecular complexity index is 374. The molecule has 0 bridgehead atoms. The molecule has 20 heavy (non-hydrogen) atoms. The Morgan fingerprint density at radius 1 is 1.35 bits per heavy atom. The molecule has 0 amide bonds. The summed E-state index contributed by atoms with van der Waals surface area (Å²) in [6.07, 6.45) is 3.02. The molecule has 122 valence electrons. The summed E-state index contributed by atoms with van der Waals surface area (Å²) in [5, 5.41) is 6.44. The van der Waals surface area contributed by atoms with Gasteiger partial charge in [0.15, 0.2) is 5.96 Å². The third kappa shape index (κ3) is 9.76. The van der Waals surface area contributed by atoms with E-state index in [1.54, 1.807) is 7.05 Å². The van der Waals surface area contributed by atoms with Crippen LogP contribution in [-0.4, -0.2) is 57.7 Å². The minimum Gasteiger partial charge on any atom is -0.356 e. The van der Waals surface area contributed by atoms with Crippen molar-refractivity contribution >= 4 is 40.0 Å². The number of hydrogen-bond acceptors (Lipinski definition) is 3. The van der Waals surface area contributed by atoms with Crippen molar-refractivity contribution in [3.8, 4) is 0 Å². The predicted molar refractivity (Wildman–Crippen MR) is 96.4 cm³/mol. The molecule has 0 heterocycles. The van der Waals surface area contributed by atoms with Gasteiger partial charge in [-0.1, -0.05) is 13.8 Å². The smallest absolute Gasteiger partial charge is 0.211 e. The van der Waals surface area contributed by atoms with E-state index >= 15 is 0 Å². The van der Waals surface area contributed by atoms with Crippen LogP contribution in [0.25, 0.3) is 0 Å². The van der Waals surface area contributed by atoms with Crippen molar-refractivity contribution in [1.82, 2.24) is 14.9 Å². The minimum absolute atomic E-state index is 0. The van der Waals surface area contributed by atoms with Gasteiger partial charge in [0.25, 0.3) is 0 Å². The van der Waals surface area contributed by atoms with Gasteiger partial charge in [0, 0.05) is 32.7 Å². The maximum Gasteiger partial charge on any atom is 0.211 e. The number of nitrogens with one attached hydrogen (secondary N) is 2. The summed E-state index contributed by atoms with van der Waals surface area (Å²) in [7, 11) is -1.36. The molecule has 0 aliphatic heterocycles. The lowest BCUT2D eigenvalue weighted by atomic mass is 10.3. The standard InChI is InChI=1S/C12H28N4O2S.HI/c1-6-11(3)15-12(13-4)14-9-8-10-16(7-2)19(5,17)18;/h11H,6-10H2,1-5H3,(H2,13,14,15);1H. The summed E-state index contributed by atoms with van der Waals surface area (Å²) < 4.78 is 24.3. The molecule has 0 spiro atoms. The first-order valence-corrected chi connectivity index (χ1v) is 8.62. The van der Waals surface area contributed by atoms with Crippen molar-refractivity contribution in [3.63, 3.8) is 0 Å². The van der Waals surface area contributed by atoms with Crippen molar-refractivity contribution < 1.29 is 8.42 Å². The Hall–Kier alpha value is -0.0900. The fraction of sp³-hybridized carbons (Fsp3) is 0.917. The topological polar surface area (TPSA) is 73.8 Å². The van der Waals surface area contributed by atoms with E-state index in [4.69, 9.17) is 0 Å². The zero-order chi connectivity index (χ0) is 14.9. The average molecular weight is 420 g/mol. The fourth-order valence-corrected chi connectivity index (χ4v) is 2.48. The maximum absolute atomic E-state index is 11.4. The van der Waals surface area contributed by atoms with E-state index < -0.39 is 10.0 Å². The van der Waals surface area contributed by atoms with Gasteiger partial charge in [0.2, 0.25) is 10.0 Å². The Morgan fingerprint density at radius 3 is 2.35 bits per heavy atom. The van der Waals surface area contributed by atoms with E-state index in [-0.39, 0.29) is 24.0 Å². The largest absolute Gasteiger partial charge is 0.356 e. The summed E-state index contributed by atoms with van der Waals surface area (Å²) in [5.41, 5.74) is 0. The molecular weight excluding hydrogens is 391 g/mol. The molecule has 0 fully saturated rings. The third-order valence-electron chi connectivity index (χ3n) is 2.92. The van der Waals surface area contributed by atoms with Crippen molar-refractivity contribution in [2.24, 2.45) is 4.99 Å². The first kappa shape index (κ1) is 22.2. The van der Waals surface area contributed by atoms with Crippen LogP contribution in [0, 0.1) is 0 Å². The van der Waals surface area contributed by atoms with E-state index in [9.17, 15) is 8.42 Å². The van der Waals surface area contributed by atoms with Crippen molar-refractivity contribution in [3.05, 3.63) is 0 Å². The predicted octanol–water partition coefficient (Wildman–Crippen LogP) is 1.24. The van der Waals surface area contributed by atoms with Crippen LogP contribution in [0.4, 0.5) is 0 Å². The lowest BCUT2D eigenvalue weighted by molar-refractivity contribution is 0.424. The number of halogens is 1. The SMILES string of the molecule is CCC(C)NC(=NC)NCCCN(CC)S(C)(=O)=O.I. The normalized spacial score (nSPS) is 13.8. The molecule has 2 N–H and O–H groups in total. The van der Waals surface area contributed by atoms with Crippen LogP contribution in [0.1, 0.15) is 33.6 Å². The zero-order valence-corrected chi connectivity index (χ0v) is 16.3. The molecule has 0 aromatic rings. The van der Waals surface area contributed by atoms with Gasteiger partial charge < -0.3 is 10.6 Å². The molecule has 0 aromatic heterocycles. The van der Waals surface area contributed by atoms with Crippen LogP contribution < -0.4 is 10.6 Å². The first-order valence-electron chi connectivity index (χ1n) is 6.77. The lowest BCUT2D eigenvalue weighted by Gasteiger charge is -2.19. The van der Waals surface area contributed by atoms with Gasteiger partial charge in [0.1, 0.15) is 0 Å². The minimum atomic E-state index is -3.08. The van der Waals surface area contributed by atoms with Gasteiger partial charge in [-0.2, -0.15) is 0 Å². The Kier molecular flexibility index (Phi) is 12.8. The number of guanidine groups is 1. The number of hydrogen-bond donors (Lipinski definition) is 2. The highest BCUT2D eigenvalue weighted by Crippen LogP contribution is 1.98. The first-order chi connectivity index (χ1) is 8.85. The number of rotatable bonds is 8. The number of nitrogens with zero attached hydrogens (tertiary/aromatic N) is 2. The highest BCUT2D eigenvalue weighted by Gasteiger charge is 2.13. The molecule has 1 atom stereocenters. The van der Waals surface area contributed by atoms with E-state index in [0.717, 1.165) is 18.8 Å². The Balaban J connectivity index is 0. The molecule has 0 aliphatic carbocycles. The van der Waals surface area contributed by atoms with Gasteiger partial charge in [-0.3, -0.25) is 4.99 Å². The van der Waals surface area contributed by atoms with Crippen LogP contribution >= 0.6 is 24.0 Å². The van der Waals surface area contributed by atoms with Gasteiger partial charge in [-0.25, -0.2) is 12.7 Å². The third-order valence-corrected chi connectivity index (χ3v) is 4.30. The van der Waals surface area contributed by atoms with Gasteiger partial charge in [-0.05, 0) is 19.8 Å². The van der Waals surface area contributed by atoms with Crippen LogP contribution in [-0.2, 0) is 10.0 Å². The van der Waals surface area contributed by atoms with E-state index in [1.165, 1.54) is 10.6 Å². The zero-order valence-electron chi connectivity index (χ0n) is 13.1. The average Bonchev–Trinajstić information content (AvgIpc) is 2.35. The lowest BCUT2D eigenvalue weighted by Crippen LogP contribution is -2.43. The second-order valence-corrected chi connectivity index (χ2v) is 6.54. The molecule has 0 aliphatic rings. The van der Waals surface area contributed by atoms with Gasteiger partial charge >= 0.3 is 0 Å². The molecule has 1 unspecified atom stereocenters. The van der Waals surface area contributed by atoms with E-state index in [1.807, 2.05) is 6.92 Å². The summed E-state index contributed by atoms with van der Waals surface area (Å²) in [5.74, 6) is 0.761. The monoisotopic (exact) mass is 420 g/mol. The number of aliphatic imine (C=N–C) groups is 1. The summed E-state index contributed by atoms with van der Waals surface area (Å²) in [4.78, 5) is 4.12. The van der Waals surface area contributed by atoms with Gasteiger partial charge in [-0.15, -0.1) is 24.0 Å². The number of sulfonamides is 1. The van der Waals surface area contributed by atoms with Crippen LogP contribution in [0.2, 0.25) is 0 Å². The second kappa shape index (κ2) is 11.6. The molecule has 0 radical (unpaired) electrons. The molecule has 6 nitrogen and oxygen atoms in total. The highest BCUT2D eigenvalue weighted by molar-refractivity contribution is 14.0. The van der Waals surface area contributed by atoms with E-state index in [2.05, 4.69) is 29.5 Å². The van der Waals surface area contributed by atoms with Crippen molar-refractivity contribution in [1.29, 1.82) is 0 Å². The summed E-state index contributed by atoms with van der Waals surface area (Å²) in [6.45, 7) is 7.78. The van der Waals surface area contributed by atoms with Crippen molar-refractivity contribution in [2.75, 3.05) is 32.9 Å². The van der Waals surface area contributed by atoms with Gasteiger partial charge in [0.05, 0.1) is 6.26 Å². The summed E-state index contributed by atoms with van der Waals surface area (Å²) in [6, 6.07) is 0.370. The van der Waals surface area contributed by atoms with E-state index in [0.29, 0.717) is 25.7 Å². The quantitative estimate of drug-likeness (QED) is 0.268. The van der Waals surface area contributed by atoms with Crippen LogP contribution in [0.3, 0.4) is 0 Å². The van der Waals surface area contributed by atoms with Crippen molar-refractivity contribution in [2.45, 2.75) is 39.7 Å². The second-order valence-electron chi connectivity index (χ2n) is 4.56. The van der Waals surface area contributed by atoms with Crippen LogP contribution in [0.15, 0.2) is 4.99 Å². The molecule has 8 heteroatoms. The fourth-order valence-electron chi connectivity index (χ4n) is 1.55. The molecule has 0 aromatic carbocycles. The van der Waals surface area contributed by atoms with Crippen LogP contribution in [0.5, 0.6) is 0 Å². The molecular formula is C12H29IN4O2S. The highest BCUT2D eigenvalue weighted by atomic mass is 127.